The SMILES string of the molecule is NC1C=CN(C2CC(O)C(CO)O2)C(=O)N1. The molecule has 2 heterocycles. The minimum atomic E-state index is -0.758. The molecule has 2 rings (SSSR count). The Balaban J connectivity index is 2.04. The second-order valence-electron chi connectivity index (χ2n) is 3.84. The number of aliphatic hydroxyl groups excluding tert-OH is 2. The number of ether oxygens (including phenoxy) is 1. The van der Waals surface area contributed by atoms with Crippen molar-refractivity contribution in [2.45, 2.75) is 31.0 Å². The number of rotatable bonds is 2. The van der Waals surface area contributed by atoms with Crippen molar-refractivity contribution in [3.8, 4) is 0 Å². The number of aliphatic hydroxyl groups is 2. The summed E-state index contributed by atoms with van der Waals surface area (Å²) in [6.45, 7) is -0.268. The Morgan fingerprint density at radius 3 is 3.00 bits per heavy atom. The Labute approximate surface area is 92.5 Å². The highest BCUT2D eigenvalue weighted by molar-refractivity contribution is 5.77. The van der Waals surface area contributed by atoms with E-state index in [0.717, 1.165) is 0 Å². The van der Waals surface area contributed by atoms with Gasteiger partial charge in [-0.3, -0.25) is 4.90 Å². The summed E-state index contributed by atoms with van der Waals surface area (Å²) in [6.07, 6.45) is 0.968. The van der Waals surface area contributed by atoms with Crippen LogP contribution < -0.4 is 11.1 Å². The molecule has 7 heteroatoms. The van der Waals surface area contributed by atoms with Crippen LogP contribution in [0.4, 0.5) is 4.79 Å². The first-order chi connectivity index (χ1) is 7.61. The highest BCUT2D eigenvalue weighted by Crippen LogP contribution is 2.24. The maximum absolute atomic E-state index is 11.6. The van der Waals surface area contributed by atoms with E-state index in [0.29, 0.717) is 0 Å². The summed E-state index contributed by atoms with van der Waals surface area (Å²) in [5, 5.41) is 21.0. The number of hydrogen-bond donors (Lipinski definition) is 4. The lowest BCUT2D eigenvalue weighted by molar-refractivity contribution is -0.0542. The highest BCUT2D eigenvalue weighted by atomic mass is 16.5. The fourth-order valence-electron chi connectivity index (χ4n) is 1.80. The molecule has 2 aliphatic rings. The molecule has 0 aliphatic carbocycles. The number of nitrogens with zero attached hydrogens (tertiary/aromatic N) is 1. The standard InChI is InChI=1S/C9H15N3O4/c10-7-1-2-12(9(15)11-7)8-3-5(14)6(4-13)16-8/h1-2,5-8,13-14H,3-4,10H2,(H,11,15). The van der Waals surface area contributed by atoms with Gasteiger partial charge in [-0.05, 0) is 6.08 Å². The molecule has 5 N–H and O–H groups in total. The summed E-state index contributed by atoms with van der Waals surface area (Å²) in [5.74, 6) is 0. The van der Waals surface area contributed by atoms with E-state index < -0.39 is 24.6 Å². The minimum Gasteiger partial charge on any atom is -0.394 e. The highest BCUT2D eigenvalue weighted by Gasteiger charge is 2.38. The van der Waals surface area contributed by atoms with Crippen molar-refractivity contribution in [1.82, 2.24) is 10.2 Å². The number of hydrogen-bond acceptors (Lipinski definition) is 5. The number of urea groups is 1. The summed E-state index contributed by atoms with van der Waals surface area (Å²) in [4.78, 5) is 12.9. The Morgan fingerprint density at radius 2 is 2.44 bits per heavy atom. The van der Waals surface area contributed by atoms with E-state index in [2.05, 4.69) is 5.32 Å². The molecule has 0 radical (unpaired) electrons. The molecule has 2 aliphatic heterocycles. The normalized spacial score (nSPS) is 38.9. The number of carbonyl (C=O) groups excluding carboxylic acids is 1. The van der Waals surface area contributed by atoms with Crippen LogP contribution >= 0.6 is 0 Å². The Morgan fingerprint density at radius 1 is 1.69 bits per heavy atom. The van der Waals surface area contributed by atoms with Gasteiger partial charge in [0.1, 0.15) is 12.3 Å². The molecule has 16 heavy (non-hydrogen) atoms. The lowest BCUT2D eigenvalue weighted by Crippen LogP contribution is -2.52. The number of carbonyl (C=O) groups is 1. The molecule has 0 bridgehead atoms. The van der Waals surface area contributed by atoms with Gasteiger partial charge in [-0.2, -0.15) is 0 Å². The van der Waals surface area contributed by atoms with Gasteiger partial charge < -0.3 is 26.0 Å². The summed E-state index contributed by atoms with van der Waals surface area (Å²) in [5.41, 5.74) is 5.49. The van der Waals surface area contributed by atoms with Gasteiger partial charge in [0.2, 0.25) is 0 Å². The van der Waals surface area contributed by atoms with E-state index in [1.165, 1.54) is 11.1 Å². The molecule has 1 fully saturated rings. The molecular weight excluding hydrogens is 214 g/mol. The Hall–Kier alpha value is -1.15. The van der Waals surface area contributed by atoms with E-state index in [-0.39, 0.29) is 19.1 Å². The van der Waals surface area contributed by atoms with Gasteiger partial charge in [0, 0.05) is 12.6 Å². The molecule has 0 aromatic rings. The number of amides is 2. The first-order valence-corrected chi connectivity index (χ1v) is 5.09. The average Bonchev–Trinajstić information content (AvgIpc) is 2.59. The zero-order valence-corrected chi connectivity index (χ0v) is 8.61. The van der Waals surface area contributed by atoms with Crippen LogP contribution in [0, 0.1) is 0 Å². The van der Waals surface area contributed by atoms with Crippen molar-refractivity contribution in [2.75, 3.05) is 6.61 Å². The monoisotopic (exact) mass is 229 g/mol. The molecule has 0 aromatic carbocycles. The van der Waals surface area contributed by atoms with Crippen LogP contribution in [-0.4, -0.2) is 52.4 Å². The number of nitrogens with two attached hydrogens (primary N) is 1. The van der Waals surface area contributed by atoms with E-state index in [1.807, 2.05) is 0 Å². The Kier molecular flexibility index (Phi) is 3.10. The van der Waals surface area contributed by atoms with Crippen LogP contribution in [0.2, 0.25) is 0 Å². The zero-order chi connectivity index (χ0) is 11.7. The molecule has 0 aromatic heterocycles. The topological polar surface area (TPSA) is 108 Å². The summed E-state index contributed by atoms with van der Waals surface area (Å²) >= 11 is 0. The smallest absolute Gasteiger partial charge is 0.325 e. The third-order valence-electron chi connectivity index (χ3n) is 2.67. The van der Waals surface area contributed by atoms with Gasteiger partial charge >= 0.3 is 6.03 Å². The fourth-order valence-corrected chi connectivity index (χ4v) is 1.80. The van der Waals surface area contributed by atoms with Gasteiger partial charge in [-0.25, -0.2) is 4.79 Å². The minimum absolute atomic E-state index is 0.268. The van der Waals surface area contributed by atoms with E-state index in [4.69, 9.17) is 15.6 Å². The lowest BCUT2D eigenvalue weighted by atomic mass is 10.2. The molecular formula is C9H15N3O4. The van der Waals surface area contributed by atoms with E-state index in [1.54, 1.807) is 6.08 Å². The molecule has 4 unspecified atom stereocenters. The predicted molar refractivity (Wildman–Crippen MR) is 53.9 cm³/mol. The quantitative estimate of drug-likeness (QED) is 0.450. The molecule has 0 saturated carbocycles. The van der Waals surface area contributed by atoms with Crippen LogP contribution in [0.25, 0.3) is 0 Å². The summed E-state index contributed by atoms with van der Waals surface area (Å²) in [7, 11) is 0. The van der Waals surface area contributed by atoms with E-state index in [9.17, 15) is 9.90 Å². The van der Waals surface area contributed by atoms with Crippen molar-refractivity contribution < 1.29 is 19.7 Å². The van der Waals surface area contributed by atoms with Crippen LogP contribution in [0.3, 0.4) is 0 Å². The summed E-state index contributed by atoms with van der Waals surface area (Å²) < 4.78 is 5.34. The van der Waals surface area contributed by atoms with Crippen LogP contribution in [0.5, 0.6) is 0 Å². The molecule has 2 amide bonds. The third kappa shape index (κ3) is 2.03. The van der Waals surface area contributed by atoms with Crippen LogP contribution in [0.15, 0.2) is 12.3 Å². The number of nitrogens with one attached hydrogen (secondary N) is 1. The van der Waals surface area contributed by atoms with Crippen LogP contribution in [0.1, 0.15) is 6.42 Å². The second kappa shape index (κ2) is 4.38. The largest absolute Gasteiger partial charge is 0.394 e. The van der Waals surface area contributed by atoms with Crippen molar-refractivity contribution in [2.24, 2.45) is 5.73 Å². The van der Waals surface area contributed by atoms with Crippen LogP contribution in [-0.2, 0) is 4.74 Å². The first-order valence-electron chi connectivity index (χ1n) is 5.09. The summed E-state index contributed by atoms with van der Waals surface area (Å²) in [6, 6.07) is -0.370. The maximum atomic E-state index is 11.6. The first kappa shape index (κ1) is 11.3. The molecule has 4 atom stereocenters. The fraction of sp³-hybridized carbons (Fsp3) is 0.667. The van der Waals surface area contributed by atoms with Gasteiger partial charge in [0.25, 0.3) is 0 Å². The zero-order valence-electron chi connectivity index (χ0n) is 8.61. The second-order valence-corrected chi connectivity index (χ2v) is 3.84. The maximum Gasteiger partial charge on any atom is 0.325 e. The lowest BCUT2D eigenvalue weighted by Gasteiger charge is -2.29. The molecule has 7 nitrogen and oxygen atoms in total. The van der Waals surface area contributed by atoms with Gasteiger partial charge in [-0.15, -0.1) is 0 Å². The van der Waals surface area contributed by atoms with E-state index >= 15 is 0 Å². The Bertz CT molecular complexity index is 309. The molecule has 1 saturated heterocycles. The average molecular weight is 229 g/mol. The third-order valence-corrected chi connectivity index (χ3v) is 2.67. The van der Waals surface area contributed by atoms with Crippen molar-refractivity contribution in [1.29, 1.82) is 0 Å². The van der Waals surface area contributed by atoms with Crippen molar-refractivity contribution in [3.63, 3.8) is 0 Å². The molecule has 90 valence electrons. The van der Waals surface area contributed by atoms with Gasteiger partial charge in [0.15, 0.2) is 0 Å². The predicted octanol–water partition coefficient (Wildman–Crippen LogP) is -1.72. The van der Waals surface area contributed by atoms with Crippen molar-refractivity contribution in [3.05, 3.63) is 12.3 Å². The molecule has 0 spiro atoms. The van der Waals surface area contributed by atoms with Gasteiger partial charge in [0.05, 0.1) is 18.9 Å². The van der Waals surface area contributed by atoms with Gasteiger partial charge in [-0.1, -0.05) is 0 Å². The van der Waals surface area contributed by atoms with Crippen molar-refractivity contribution >= 4 is 6.03 Å².